The molecule has 12 aromatic rings. The number of nitrogens with zero attached hydrogens (tertiary/aromatic N) is 1. The maximum absolute atomic E-state index is 2.51. The molecule has 254 valence electrons. The minimum Gasteiger partial charge on any atom is -0.310 e. The van der Waals surface area contributed by atoms with Crippen molar-refractivity contribution >= 4 is 92.5 Å². The molecule has 0 bridgehead atoms. The number of benzene rings is 10. The Hall–Kier alpha value is -7.22. The molecule has 0 aliphatic carbocycles. The van der Waals surface area contributed by atoms with Gasteiger partial charge in [0, 0.05) is 16.8 Å². The van der Waals surface area contributed by atoms with E-state index in [4.69, 9.17) is 0 Å². The van der Waals surface area contributed by atoms with Crippen LogP contribution in [0.1, 0.15) is 0 Å². The third kappa shape index (κ3) is 4.30. The first-order valence-corrected chi connectivity index (χ1v) is 19.1. The molecule has 0 fully saturated rings. The predicted molar refractivity (Wildman–Crippen MR) is 237 cm³/mol. The molecule has 0 aromatic heterocycles. The minimum absolute atomic E-state index is 1.13. The Kier molecular flexibility index (Phi) is 6.40. The lowest BCUT2D eigenvalue weighted by molar-refractivity contribution is 1.30. The van der Waals surface area contributed by atoms with E-state index < -0.39 is 0 Å². The van der Waals surface area contributed by atoms with Crippen LogP contribution in [0.5, 0.6) is 0 Å². The molecule has 55 heavy (non-hydrogen) atoms. The van der Waals surface area contributed by atoms with Crippen molar-refractivity contribution in [3.63, 3.8) is 0 Å². The van der Waals surface area contributed by atoms with E-state index in [1.807, 2.05) is 0 Å². The van der Waals surface area contributed by atoms with Crippen molar-refractivity contribution in [3.05, 3.63) is 200 Å². The first-order chi connectivity index (χ1) is 27.3. The third-order valence-electron chi connectivity index (χ3n) is 11.9. The molecule has 0 saturated carbocycles. The normalized spacial score (nSPS) is 12.0. The molecule has 0 heterocycles. The van der Waals surface area contributed by atoms with Crippen molar-refractivity contribution in [2.24, 2.45) is 0 Å². The number of para-hydroxylation sites is 2. The first kappa shape index (κ1) is 30.3. The Morgan fingerprint density at radius 1 is 0.255 bits per heavy atom. The molecular weight excluding hydrogens is 663 g/mol. The summed E-state index contributed by atoms with van der Waals surface area (Å²) in [6.07, 6.45) is 0. The zero-order valence-corrected chi connectivity index (χ0v) is 30.0. The van der Waals surface area contributed by atoms with Gasteiger partial charge < -0.3 is 4.90 Å². The zero-order valence-electron chi connectivity index (χ0n) is 30.0. The minimum atomic E-state index is 1.13. The highest BCUT2D eigenvalue weighted by Crippen LogP contribution is 2.54. The monoisotopic (exact) mass is 695 g/mol. The Labute approximate surface area is 318 Å². The highest BCUT2D eigenvalue weighted by molar-refractivity contribution is 6.42. The molecule has 1 nitrogen and oxygen atoms in total. The van der Waals surface area contributed by atoms with Crippen LogP contribution in [0, 0.1) is 0 Å². The number of rotatable bonds is 5. The third-order valence-corrected chi connectivity index (χ3v) is 11.9. The summed E-state index contributed by atoms with van der Waals surface area (Å²) >= 11 is 0. The van der Waals surface area contributed by atoms with Gasteiger partial charge in [0.25, 0.3) is 0 Å². The van der Waals surface area contributed by atoms with Gasteiger partial charge >= 0.3 is 0 Å². The maximum atomic E-state index is 2.51. The van der Waals surface area contributed by atoms with E-state index in [0.717, 1.165) is 11.4 Å². The Morgan fingerprint density at radius 3 is 1.22 bits per heavy atom. The summed E-state index contributed by atoms with van der Waals surface area (Å²) in [5.74, 6) is 0. The largest absolute Gasteiger partial charge is 0.310 e. The second kappa shape index (κ2) is 11.6. The van der Waals surface area contributed by atoms with E-state index in [-0.39, 0.29) is 0 Å². The molecule has 1 heteroatoms. The van der Waals surface area contributed by atoms with Gasteiger partial charge in [-0.1, -0.05) is 158 Å². The summed E-state index contributed by atoms with van der Waals surface area (Å²) in [4.78, 5) is 2.40. The summed E-state index contributed by atoms with van der Waals surface area (Å²) in [6.45, 7) is 0. The highest BCUT2D eigenvalue weighted by atomic mass is 15.1. The average molecular weight is 696 g/mol. The molecule has 0 radical (unpaired) electrons. The Morgan fingerprint density at radius 2 is 0.691 bits per heavy atom. The molecule has 0 spiro atoms. The molecule has 0 amide bonds. The van der Waals surface area contributed by atoms with Gasteiger partial charge in [0.05, 0.1) is 5.69 Å². The van der Waals surface area contributed by atoms with E-state index in [9.17, 15) is 0 Å². The summed E-state index contributed by atoms with van der Waals surface area (Å²) < 4.78 is 0. The van der Waals surface area contributed by atoms with Crippen LogP contribution in [-0.2, 0) is 0 Å². The van der Waals surface area contributed by atoms with Crippen molar-refractivity contribution in [1.29, 1.82) is 0 Å². The molecule has 0 aliphatic rings. The molecule has 0 unspecified atom stereocenters. The highest BCUT2D eigenvalue weighted by Gasteiger charge is 2.26. The van der Waals surface area contributed by atoms with Gasteiger partial charge in [-0.2, -0.15) is 0 Å². The van der Waals surface area contributed by atoms with Crippen LogP contribution in [0.2, 0.25) is 0 Å². The van der Waals surface area contributed by atoms with E-state index in [1.54, 1.807) is 0 Å². The van der Waals surface area contributed by atoms with Gasteiger partial charge in [-0.3, -0.25) is 0 Å². The topological polar surface area (TPSA) is 3.24 Å². The van der Waals surface area contributed by atoms with Gasteiger partial charge in [-0.15, -0.1) is 0 Å². The van der Waals surface area contributed by atoms with E-state index in [1.165, 1.54) is 103 Å². The van der Waals surface area contributed by atoms with Crippen LogP contribution in [-0.4, -0.2) is 0 Å². The lowest BCUT2D eigenvalue weighted by atomic mass is 9.85. The molecular formula is C54H33N. The van der Waals surface area contributed by atoms with Crippen molar-refractivity contribution in [3.8, 4) is 22.3 Å². The first-order valence-electron chi connectivity index (χ1n) is 19.1. The van der Waals surface area contributed by atoms with Gasteiger partial charge in [-0.25, -0.2) is 0 Å². The second-order valence-corrected chi connectivity index (χ2v) is 14.8. The fourth-order valence-corrected chi connectivity index (χ4v) is 9.70. The average Bonchev–Trinajstić information content (AvgIpc) is 3.75. The fourth-order valence-electron chi connectivity index (χ4n) is 9.70. The summed E-state index contributed by atoms with van der Waals surface area (Å²) in [5, 5.41) is 18.2. The summed E-state index contributed by atoms with van der Waals surface area (Å²) in [7, 11) is 0. The lowest BCUT2D eigenvalue weighted by Crippen LogP contribution is -2.10. The zero-order chi connectivity index (χ0) is 36.0. The summed E-state index contributed by atoms with van der Waals surface area (Å²) in [6, 6.07) is 73.9. The van der Waals surface area contributed by atoms with Gasteiger partial charge in [0.1, 0.15) is 0 Å². The summed E-state index contributed by atoms with van der Waals surface area (Å²) in [5.41, 5.74) is 8.50. The molecule has 0 atom stereocenters. The van der Waals surface area contributed by atoms with Crippen LogP contribution in [0.4, 0.5) is 17.1 Å². The molecule has 0 N–H and O–H groups in total. The predicted octanol–water partition coefficient (Wildman–Crippen LogP) is 15.4. The molecule has 0 aliphatic heterocycles. The van der Waals surface area contributed by atoms with Gasteiger partial charge in [0.2, 0.25) is 0 Å². The number of fused-ring (bicyclic) bond motifs is 7. The number of hydrogen-bond donors (Lipinski definition) is 0. The van der Waals surface area contributed by atoms with Gasteiger partial charge in [-0.05, 0) is 135 Å². The molecule has 12 rings (SSSR count). The van der Waals surface area contributed by atoms with Crippen LogP contribution in [0.15, 0.2) is 200 Å². The van der Waals surface area contributed by atoms with Crippen LogP contribution >= 0.6 is 0 Å². The van der Waals surface area contributed by atoms with Crippen molar-refractivity contribution in [2.75, 3.05) is 4.90 Å². The Balaban J connectivity index is 1.31. The van der Waals surface area contributed by atoms with Crippen LogP contribution < -0.4 is 4.90 Å². The number of hydrogen-bond acceptors (Lipinski definition) is 1. The van der Waals surface area contributed by atoms with E-state index in [2.05, 4.69) is 205 Å². The van der Waals surface area contributed by atoms with E-state index in [0.29, 0.717) is 0 Å². The maximum Gasteiger partial charge on any atom is 0.0540 e. The van der Waals surface area contributed by atoms with Crippen molar-refractivity contribution in [1.82, 2.24) is 0 Å². The quantitative estimate of drug-likeness (QED) is 0.173. The molecule has 12 aromatic carbocycles. The standard InChI is InChI=1S/C54H33N/c1-5-16-35(17-6-1)50-46-32-44-39-26-13-20-34-21-14-27-40(49(34)39)45(44)33-47(46)51(36-18-7-2-8-19-36)54-43-30-31-48(41-28-15-29-42(52(41)43)53(50)54)55(37-22-9-3-10-23-37)38-24-11-4-12-25-38/h1-33H. The SMILES string of the molecule is c1ccc(-c2c3cc4c(cc3c(-c3ccccc3)c3c5ccc(N(c6ccccc6)c6ccccc6)c6cccc(c23)c65)c2cccc3cccc4c32)cc1. The van der Waals surface area contributed by atoms with E-state index >= 15 is 0 Å². The lowest BCUT2D eigenvalue weighted by Gasteiger charge is -2.27. The Bertz CT molecular complexity index is 3200. The smallest absolute Gasteiger partial charge is 0.0540 e. The van der Waals surface area contributed by atoms with Gasteiger partial charge in [0.15, 0.2) is 0 Å². The second-order valence-electron chi connectivity index (χ2n) is 14.8. The number of anilines is 3. The fraction of sp³-hybridized carbons (Fsp3) is 0. The van der Waals surface area contributed by atoms with Crippen molar-refractivity contribution in [2.45, 2.75) is 0 Å². The molecule has 0 saturated heterocycles. The van der Waals surface area contributed by atoms with Crippen molar-refractivity contribution < 1.29 is 0 Å². The van der Waals surface area contributed by atoms with Crippen LogP contribution in [0.25, 0.3) is 97.7 Å². The van der Waals surface area contributed by atoms with Crippen LogP contribution in [0.3, 0.4) is 0 Å².